The molecular weight excluding hydrogens is 294 g/mol. The lowest BCUT2D eigenvalue weighted by molar-refractivity contribution is 0.0203. The Morgan fingerprint density at radius 1 is 1.09 bits per heavy atom. The highest BCUT2D eigenvalue weighted by Gasteiger charge is 2.50. The minimum atomic E-state index is -0.832. The third kappa shape index (κ3) is 2.59. The number of benzene rings is 1. The summed E-state index contributed by atoms with van der Waals surface area (Å²) in [5, 5.41) is 14.9. The van der Waals surface area contributed by atoms with Crippen LogP contribution in [0.2, 0.25) is 5.02 Å². The summed E-state index contributed by atoms with van der Waals surface area (Å²) in [7, 11) is 0. The van der Waals surface area contributed by atoms with Crippen molar-refractivity contribution < 1.29 is 5.11 Å². The molecule has 2 N–H and O–H groups in total. The summed E-state index contributed by atoms with van der Waals surface area (Å²) in [4.78, 5) is 0. The van der Waals surface area contributed by atoms with Crippen molar-refractivity contribution in [2.75, 3.05) is 5.32 Å². The summed E-state index contributed by atoms with van der Waals surface area (Å²) in [5.74, 6) is 2.19. The smallest absolute Gasteiger partial charge is 0.0826 e. The number of aliphatic hydroxyl groups is 1. The first-order valence-corrected chi connectivity index (χ1v) is 8.34. The molecule has 0 saturated heterocycles. The SMILES string of the molecule is CC1C2C=CC(Nc3ccc(Cl)cc3)=C(C(C)(C)O)C1C2C. The van der Waals surface area contributed by atoms with Gasteiger partial charge in [0.15, 0.2) is 0 Å². The normalized spacial score (nSPS) is 30.8. The maximum atomic E-state index is 10.7. The maximum absolute atomic E-state index is 10.7. The van der Waals surface area contributed by atoms with Gasteiger partial charge in [-0.2, -0.15) is 0 Å². The Kier molecular flexibility index (Phi) is 3.86. The first-order chi connectivity index (χ1) is 10.3. The highest BCUT2D eigenvalue weighted by atomic mass is 35.5. The predicted octanol–water partition coefficient (Wildman–Crippen LogP) is 4.86. The van der Waals surface area contributed by atoms with Crippen molar-refractivity contribution in [3.05, 3.63) is 52.7 Å². The van der Waals surface area contributed by atoms with Gasteiger partial charge in [-0.3, -0.25) is 0 Å². The minimum absolute atomic E-state index is 0.426. The van der Waals surface area contributed by atoms with Crippen molar-refractivity contribution in [2.24, 2.45) is 23.7 Å². The molecule has 2 nitrogen and oxygen atoms in total. The Labute approximate surface area is 137 Å². The minimum Gasteiger partial charge on any atom is -0.386 e. The monoisotopic (exact) mass is 317 g/mol. The number of hydrogen-bond donors (Lipinski definition) is 2. The lowest BCUT2D eigenvalue weighted by Crippen LogP contribution is -2.47. The average molecular weight is 318 g/mol. The third-order valence-electron chi connectivity index (χ3n) is 5.24. The van der Waals surface area contributed by atoms with Crippen LogP contribution in [0, 0.1) is 23.7 Å². The molecule has 1 fully saturated rings. The standard InChI is InChI=1S/C19H24ClNO/c1-11-15-9-10-16(21-14-7-5-13(20)6-8-14)18(19(3,4)22)17(11)12(15)2/h5-12,15,17,21-22H,1-4H3. The van der Waals surface area contributed by atoms with Gasteiger partial charge in [-0.05, 0) is 73.4 Å². The van der Waals surface area contributed by atoms with Crippen molar-refractivity contribution in [2.45, 2.75) is 33.3 Å². The van der Waals surface area contributed by atoms with E-state index in [9.17, 15) is 5.11 Å². The molecule has 22 heavy (non-hydrogen) atoms. The van der Waals surface area contributed by atoms with Crippen LogP contribution >= 0.6 is 11.6 Å². The molecule has 0 radical (unpaired) electrons. The number of nitrogens with one attached hydrogen (secondary N) is 1. The molecule has 0 aromatic heterocycles. The third-order valence-corrected chi connectivity index (χ3v) is 5.49. The molecule has 3 heteroatoms. The maximum Gasteiger partial charge on any atom is 0.0826 e. The molecule has 0 spiro atoms. The zero-order chi connectivity index (χ0) is 16.1. The average Bonchev–Trinajstić information content (AvgIpc) is 2.68. The van der Waals surface area contributed by atoms with E-state index in [0.717, 1.165) is 22.0 Å². The largest absolute Gasteiger partial charge is 0.386 e. The Hall–Kier alpha value is -1.25. The Morgan fingerprint density at radius 3 is 2.23 bits per heavy atom. The van der Waals surface area contributed by atoms with E-state index in [1.165, 1.54) is 0 Å². The second-order valence-corrected chi connectivity index (χ2v) is 7.64. The van der Waals surface area contributed by atoms with Crippen LogP contribution in [0.25, 0.3) is 0 Å². The molecule has 0 heterocycles. The van der Waals surface area contributed by atoms with Crippen molar-refractivity contribution in [1.29, 1.82) is 0 Å². The number of rotatable bonds is 3. The van der Waals surface area contributed by atoms with Crippen LogP contribution in [0.1, 0.15) is 27.7 Å². The van der Waals surface area contributed by atoms with E-state index >= 15 is 0 Å². The van der Waals surface area contributed by atoms with Crippen LogP contribution in [-0.2, 0) is 0 Å². The fourth-order valence-corrected chi connectivity index (χ4v) is 4.31. The fourth-order valence-electron chi connectivity index (χ4n) is 4.18. The Bertz CT molecular complexity index is 614. The molecule has 3 aliphatic carbocycles. The van der Waals surface area contributed by atoms with Crippen LogP contribution in [0.3, 0.4) is 0 Å². The van der Waals surface area contributed by atoms with E-state index < -0.39 is 5.60 Å². The first kappa shape index (κ1) is 15.6. The highest BCUT2D eigenvalue weighted by Crippen LogP contribution is 2.55. The quantitative estimate of drug-likeness (QED) is 0.834. The Balaban J connectivity index is 2.02. The van der Waals surface area contributed by atoms with Crippen LogP contribution in [0.5, 0.6) is 0 Å². The van der Waals surface area contributed by atoms with Crippen LogP contribution < -0.4 is 5.32 Å². The molecule has 0 amide bonds. The lowest BCUT2D eigenvalue weighted by atomic mass is 9.55. The van der Waals surface area contributed by atoms with Gasteiger partial charge in [0.25, 0.3) is 0 Å². The van der Waals surface area contributed by atoms with Crippen LogP contribution in [0.4, 0.5) is 5.69 Å². The zero-order valence-electron chi connectivity index (χ0n) is 13.6. The van der Waals surface area contributed by atoms with Crippen molar-refractivity contribution >= 4 is 17.3 Å². The van der Waals surface area contributed by atoms with E-state index in [1.54, 1.807) is 0 Å². The molecule has 2 unspecified atom stereocenters. The molecule has 2 atom stereocenters. The molecule has 1 aromatic rings. The topological polar surface area (TPSA) is 32.3 Å². The first-order valence-electron chi connectivity index (χ1n) is 7.97. The molecular formula is C19H24ClNO. The molecule has 2 bridgehead atoms. The Morgan fingerprint density at radius 2 is 1.68 bits per heavy atom. The summed E-state index contributed by atoms with van der Waals surface area (Å²) in [5.41, 5.74) is 2.30. The van der Waals surface area contributed by atoms with Gasteiger partial charge in [-0.15, -0.1) is 0 Å². The number of fused-ring (bicyclic) bond motifs is 1. The van der Waals surface area contributed by atoms with Crippen molar-refractivity contribution in [3.63, 3.8) is 0 Å². The molecule has 1 aromatic carbocycles. The molecule has 1 saturated carbocycles. The summed E-state index contributed by atoms with van der Waals surface area (Å²) in [6.45, 7) is 8.35. The van der Waals surface area contributed by atoms with Gasteiger partial charge < -0.3 is 10.4 Å². The summed E-state index contributed by atoms with van der Waals surface area (Å²) in [6, 6.07) is 7.68. The lowest BCUT2D eigenvalue weighted by Gasteiger charge is -2.50. The molecule has 118 valence electrons. The summed E-state index contributed by atoms with van der Waals surface area (Å²) in [6.07, 6.45) is 4.44. The number of anilines is 1. The van der Waals surface area contributed by atoms with E-state index in [-0.39, 0.29) is 0 Å². The summed E-state index contributed by atoms with van der Waals surface area (Å²) < 4.78 is 0. The molecule has 4 rings (SSSR count). The highest BCUT2D eigenvalue weighted by molar-refractivity contribution is 6.30. The van der Waals surface area contributed by atoms with Gasteiger partial charge in [0.1, 0.15) is 0 Å². The van der Waals surface area contributed by atoms with E-state index in [2.05, 4.69) is 31.3 Å². The van der Waals surface area contributed by atoms with E-state index in [4.69, 9.17) is 11.6 Å². The molecule has 0 aliphatic heterocycles. The van der Waals surface area contributed by atoms with Gasteiger partial charge in [0.2, 0.25) is 0 Å². The number of halogens is 1. The van der Waals surface area contributed by atoms with Crippen LogP contribution in [0.15, 0.2) is 47.7 Å². The van der Waals surface area contributed by atoms with Crippen molar-refractivity contribution in [1.82, 2.24) is 0 Å². The number of hydrogen-bond acceptors (Lipinski definition) is 2. The van der Waals surface area contributed by atoms with Gasteiger partial charge in [-0.1, -0.05) is 31.5 Å². The second-order valence-electron chi connectivity index (χ2n) is 7.20. The predicted molar refractivity (Wildman–Crippen MR) is 92.8 cm³/mol. The van der Waals surface area contributed by atoms with Crippen molar-refractivity contribution in [3.8, 4) is 0 Å². The van der Waals surface area contributed by atoms with E-state index in [0.29, 0.717) is 23.7 Å². The van der Waals surface area contributed by atoms with Crippen LogP contribution in [-0.4, -0.2) is 10.7 Å². The fraction of sp³-hybridized carbons (Fsp3) is 0.474. The second kappa shape index (κ2) is 5.43. The van der Waals surface area contributed by atoms with Gasteiger partial charge in [0, 0.05) is 16.4 Å². The number of allylic oxidation sites excluding steroid dienone is 2. The van der Waals surface area contributed by atoms with Gasteiger partial charge in [-0.25, -0.2) is 0 Å². The molecule has 3 aliphatic rings. The summed E-state index contributed by atoms with van der Waals surface area (Å²) >= 11 is 5.96. The van der Waals surface area contributed by atoms with E-state index in [1.807, 2.05) is 38.1 Å². The van der Waals surface area contributed by atoms with Gasteiger partial charge in [0.05, 0.1) is 5.60 Å². The van der Waals surface area contributed by atoms with Gasteiger partial charge >= 0.3 is 0 Å². The zero-order valence-corrected chi connectivity index (χ0v) is 14.4.